The van der Waals surface area contributed by atoms with Crippen molar-refractivity contribution in [3.63, 3.8) is 0 Å². The number of oxazole rings is 1. The molecule has 7 unspecified atom stereocenters. The van der Waals surface area contributed by atoms with Crippen LogP contribution in [-0.4, -0.2) is 102 Å². The molecule has 336 valence electrons. The first-order valence-electron chi connectivity index (χ1n) is 20.7. The Hall–Kier alpha value is -5.40. The van der Waals surface area contributed by atoms with Crippen molar-refractivity contribution in [2.24, 2.45) is 17.8 Å². The average Bonchev–Trinajstić information content (AvgIpc) is 4.08. The van der Waals surface area contributed by atoms with Crippen molar-refractivity contribution in [3.8, 4) is 23.0 Å². The van der Waals surface area contributed by atoms with Crippen LogP contribution in [0.1, 0.15) is 79.1 Å². The third kappa shape index (κ3) is 9.20. The number of nitrogens with zero attached hydrogens (tertiary/aromatic N) is 3. The van der Waals surface area contributed by atoms with Gasteiger partial charge in [0.25, 0.3) is 5.91 Å². The lowest BCUT2D eigenvalue weighted by Crippen LogP contribution is -2.59. The minimum absolute atomic E-state index is 0.0477. The van der Waals surface area contributed by atoms with Crippen LogP contribution in [0.15, 0.2) is 53.6 Å². The van der Waals surface area contributed by atoms with Crippen molar-refractivity contribution >= 4 is 44.6 Å². The van der Waals surface area contributed by atoms with Gasteiger partial charge in [-0.15, -0.1) is 0 Å². The summed E-state index contributed by atoms with van der Waals surface area (Å²) in [6.45, 7) is 4.89. The zero-order valence-corrected chi connectivity index (χ0v) is 35.8. The molecule has 1 aromatic carbocycles. The molecule has 2 aliphatic carbocycles. The van der Waals surface area contributed by atoms with Gasteiger partial charge in [-0.2, -0.15) is 13.2 Å². The first kappa shape index (κ1) is 44.6. The number of methoxy groups -OCH3 is 1. The minimum Gasteiger partial charge on any atom is -0.497 e. The van der Waals surface area contributed by atoms with E-state index in [-0.39, 0.29) is 31.2 Å². The molecule has 0 radical (unpaired) electrons. The molecule has 2 aromatic heterocycles. The van der Waals surface area contributed by atoms with Crippen molar-refractivity contribution in [3.05, 3.63) is 49.1 Å². The van der Waals surface area contributed by atoms with Gasteiger partial charge in [-0.25, -0.2) is 23.2 Å². The van der Waals surface area contributed by atoms with E-state index in [2.05, 4.69) is 25.3 Å². The fraction of sp³-hybridized carbons (Fsp3) is 0.571. The number of halogens is 3. The topological polar surface area (TPSA) is 208 Å². The predicted octanol–water partition coefficient (Wildman–Crippen LogP) is 5.57. The zero-order chi connectivity index (χ0) is 44.8. The Morgan fingerprint density at radius 3 is 2.52 bits per heavy atom. The van der Waals surface area contributed by atoms with Crippen LogP contribution in [0.25, 0.3) is 22.1 Å². The van der Waals surface area contributed by atoms with Gasteiger partial charge >= 0.3 is 12.3 Å². The molecule has 3 fully saturated rings. The maximum absolute atomic E-state index is 15.0. The van der Waals surface area contributed by atoms with Crippen LogP contribution >= 0.6 is 0 Å². The van der Waals surface area contributed by atoms with E-state index in [1.165, 1.54) is 30.8 Å². The number of amides is 4. The summed E-state index contributed by atoms with van der Waals surface area (Å²) in [7, 11) is -2.49. The Balaban J connectivity index is 1.26. The second kappa shape index (κ2) is 17.0. The SMILES string of the molecule is CCC1CC(C)CCC=CC2CC2(C(=O)NS(=O)(=O)C2CC2)NC(=O)C2CC(Oc3ncc(-c4cnco4)c4cc(OC)ccc34)CN2C(=O)C1NC(=O)OC(C)(C)C(F)(F)F. The summed E-state index contributed by atoms with van der Waals surface area (Å²) in [6.07, 6.45) is 3.23. The number of carbonyl (C=O) groups is 4. The number of aromatic nitrogens is 2. The third-order valence-corrected chi connectivity index (χ3v) is 14.1. The van der Waals surface area contributed by atoms with E-state index < -0.39 is 86.4 Å². The molecule has 3 N–H and O–H groups in total. The molecule has 20 heteroatoms. The highest BCUT2D eigenvalue weighted by Crippen LogP contribution is 2.46. The van der Waals surface area contributed by atoms with Crippen LogP contribution in [0.3, 0.4) is 0 Å². The zero-order valence-electron chi connectivity index (χ0n) is 35.0. The number of hydrogen-bond donors (Lipinski definition) is 3. The minimum atomic E-state index is -4.93. The summed E-state index contributed by atoms with van der Waals surface area (Å²) in [4.78, 5) is 66.6. The molecule has 1 saturated heterocycles. The Bertz CT molecular complexity index is 2340. The molecule has 4 heterocycles. The summed E-state index contributed by atoms with van der Waals surface area (Å²) < 4.78 is 92.0. The number of hydrogen-bond acceptors (Lipinski definition) is 12. The van der Waals surface area contributed by atoms with E-state index in [0.29, 0.717) is 80.2 Å². The molecule has 3 aromatic rings. The smallest absolute Gasteiger partial charge is 0.427 e. The van der Waals surface area contributed by atoms with E-state index in [1.807, 2.05) is 13.0 Å². The van der Waals surface area contributed by atoms with Gasteiger partial charge in [-0.3, -0.25) is 19.1 Å². The van der Waals surface area contributed by atoms with Crippen LogP contribution in [0.4, 0.5) is 18.0 Å². The van der Waals surface area contributed by atoms with Crippen LogP contribution < -0.4 is 24.8 Å². The fourth-order valence-electron chi connectivity index (χ4n) is 8.28. The second-order valence-electron chi connectivity index (χ2n) is 17.2. The monoisotopic (exact) mass is 888 g/mol. The lowest BCUT2D eigenvalue weighted by molar-refractivity contribution is -0.244. The molecule has 16 nitrogen and oxygen atoms in total. The number of pyridine rings is 1. The van der Waals surface area contributed by atoms with Crippen molar-refractivity contribution < 1.29 is 59.4 Å². The summed E-state index contributed by atoms with van der Waals surface area (Å²) in [5, 5.41) is 5.67. The highest BCUT2D eigenvalue weighted by molar-refractivity contribution is 7.91. The van der Waals surface area contributed by atoms with Gasteiger partial charge in [0.15, 0.2) is 12.2 Å². The number of sulfonamides is 1. The van der Waals surface area contributed by atoms with Crippen LogP contribution in [0, 0.1) is 17.8 Å². The van der Waals surface area contributed by atoms with Crippen LogP contribution in [-0.2, 0) is 29.1 Å². The van der Waals surface area contributed by atoms with Crippen molar-refractivity contribution in [2.75, 3.05) is 13.7 Å². The standard InChI is InChI=1S/C42H51F3N6O10S/c1-6-24-15-23(2)9-7-8-10-25-18-41(25,38(54)50-62(56,57)28-12-13-28)49-35(52)32-17-27(21-51(32)37(53)34(24)48-39(55)61-40(3,4)42(43,44)45)60-36-29-14-11-26(58-5)16-30(29)31(19-47-36)33-20-46-22-59-33/h8,10-11,14,16,19-20,22-25,27-28,32,34H,6-7,9,12-13,15,17-18,21H2,1-5H3,(H,48,55)(H,49,52)(H,50,54). The maximum atomic E-state index is 15.0. The number of allylic oxidation sites excluding steroid dienone is 1. The molecule has 2 saturated carbocycles. The van der Waals surface area contributed by atoms with Gasteiger partial charge in [0.1, 0.15) is 29.5 Å². The largest absolute Gasteiger partial charge is 0.497 e. The normalized spacial score (nSPS) is 27.3. The first-order chi connectivity index (χ1) is 29.3. The molecule has 62 heavy (non-hydrogen) atoms. The highest BCUT2D eigenvalue weighted by atomic mass is 32.2. The molecule has 2 aliphatic heterocycles. The summed E-state index contributed by atoms with van der Waals surface area (Å²) in [5.74, 6) is -2.61. The molecule has 0 bridgehead atoms. The molecular weight excluding hydrogens is 838 g/mol. The van der Waals surface area contributed by atoms with Gasteiger partial charge in [0.05, 0.1) is 25.1 Å². The summed E-state index contributed by atoms with van der Waals surface area (Å²) in [6, 6.07) is 2.38. The van der Waals surface area contributed by atoms with E-state index in [1.54, 1.807) is 31.2 Å². The van der Waals surface area contributed by atoms with Crippen LogP contribution in [0.2, 0.25) is 0 Å². The van der Waals surface area contributed by atoms with E-state index >= 15 is 0 Å². The Kier molecular flexibility index (Phi) is 12.3. The number of nitrogens with one attached hydrogen (secondary N) is 3. The quantitative estimate of drug-likeness (QED) is 0.214. The molecular formula is C42H51F3N6O10S. The molecule has 4 amide bonds. The van der Waals surface area contributed by atoms with E-state index in [4.69, 9.17) is 18.6 Å². The average molecular weight is 889 g/mol. The van der Waals surface area contributed by atoms with E-state index in [9.17, 15) is 40.8 Å². The predicted molar refractivity (Wildman–Crippen MR) is 217 cm³/mol. The number of rotatable bonds is 10. The lowest BCUT2D eigenvalue weighted by Gasteiger charge is -2.35. The van der Waals surface area contributed by atoms with Crippen molar-refractivity contribution in [1.29, 1.82) is 0 Å². The molecule has 4 aliphatic rings. The number of alkyl halides is 3. The number of alkyl carbamates (subject to hydrolysis) is 1. The number of carbonyl (C=O) groups excluding carboxylic acids is 4. The second-order valence-corrected chi connectivity index (χ2v) is 19.2. The Morgan fingerprint density at radius 2 is 1.85 bits per heavy atom. The van der Waals surface area contributed by atoms with Gasteiger partial charge in [-0.1, -0.05) is 32.4 Å². The number of ether oxygens (including phenoxy) is 3. The number of benzene rings is 1. The summed E-state index contributed by atoms with van der Waals surface area (Å²) >= 11 is 0. The number of fused-ring (bicyclic) bond motifs is 3. The van der Waals surface area contributed by atoms with E-state index in [0.717, 1.165) is 0 Å². The van der Waals surface area contributed by atoms with Gasteiger partial charge < -0.3 is 34.2 Å². The van der Waals surface area contributed by atoms with Gasteiger partial charge in [0, 0.05) is 34.9 Å². The molecule has 7 rings (SSSR count). The third-order valence-electron chi connectivity index (χ3n) is 12.3. The van der Waals surface area contributed by atoms with Crippen molar-refractivity contribution in [2.45, 2.75) is 120 Å². The maximum Gasteiger partial charge on any atom is 0.427 e. The molecule has 7 atom stereocenters. The van der Waals surface area contributed by atoms with Crippen molar-refractivity contribution in [1.82, 2.24) is 30.2 Å². The Labute approximate surface area is 356 Å². The summed E-state index contributed by atoms with van der Waals surface area (Å²) in [5.41, 5.74) is -3.98. The fourth-order valence-corrected chi connectivity index (χ4v) is 9.64. The molecule has 0 spiro atoms. The van der Waals surface area contributed by atoms with Crippen LogP contribution in [0.5, 0.6) is 11.6 Å². The van der Waals surface area contributed by atoms with Gasteiger partial charge in [0.2, 0.25) is 33.3 Å². The first-order valence-corrected chi connectivity index (χ1v) is 22.2. The highest BCUT2D eigenvalue weighted by Gasteiger charge is 2.62. The van der Waals surface area contributed by atoms with Gasteiger partial charge in [-0.05, 0) is 82.4 Å². The lowest BCUT2D eigenvalue weighted by atomic mass is 9.85. The Morgan fingerprint density at radius 1 is 1.10 bits per heavy atom.